The maximum atomic E-state index is 12.8. The smallest absolute Gasteiger partial charge is 0.297 e. The van der Waals surface area contributed by atoms with Gasteiger partial charge < -0.3 is 14.5 Å². The van der Waals surface area contributed by atoms with Gasteiger partial charge in [-0.3, -0.25) is 9.30 Å². The minimum atomic E-state index is -3.78. The highest BCUT2D eigenvalue weighted by molar-refractivity contribution is 8.15. The van der Waals surface area contributed by atoms with E-state index in [4.69, 9.17) is 9.52 Å². The van der Waals surface area contributed by atoms with Crippen LogP contribution in [0.2, 0.25) is 0 Å². The van der Waals surface area contributed by atoms with Gasteiger partial charge in [-0.05, 0) is 30.7 Å². The number of nitrogens with one attached hydrogen (secondary N) is 1. The van der Waals surface area contributed by atoms with Crippen LogP contribution < -0.4 is 4.31 Å². The molecule has 0 saturated heterocycles. The number of benzene rings is 1. The van der Waals surface area contributed by atoms with Crippen LogP contribution in [0.5, 0.6) is 0 Å². The van der Waals surface area contributed by atoms with Gasteiger partial charge in [-0.25, -0.2) is 0 Å². The van der Waals surface area contributed by atoms with Crippen LogP contribution in [-0.2, 0) is 10.0 Å². The molecule has 0 saturated carbocycles. The van der Waals surface area contributed by atoms with E-state index >= 15 is 0 Å². The number of aliphatic hydroxyl groups excluding tert-OH is 1. The molecule has 0 radical (unpaired) electrons. The van der Waals surface area contributed by atoms with Crippen molar-refractivity contribution in [2.45, 2.75) is 16.8 Å². The maximum absolute atomic E-state index is 12.8. The molecule has 3 aromatic rings. The Morgan fingerprint density at radius 1 is 1.37 bits per heavy atom. The number of aromatic amines is 1. The molecule has 27 heavy (non-hydrogen) atoms. The highest BCUT2D eigenvalue weighted by Crippen LogP contribution is 2.33. The second-order valence-corrected chi connectivity index (χ2v) is 9.42. The molecule has 0 aliphatic carbocycles. The van der Waals surface area contributed by atoms with Gasteiger partial charge in [-0.1, -0.05) is 23.9 Å². The van der Waals surface area contributed by atoms with Gasteiger partial charge in [0.2, 0.25) is 5.09 Å². The summed E-state index contributed by atoms with van der Waals surface area (Å²) in [5, 5.41) is 11.1. The molecule has 0 spiro atoms. The van der Waals surface area contributed by atoms with Crippen molar-refractivity contribution in [3.05, 3.63) is 48.4 Å². The third kappa shape index (κ3) is 3.26. The number of aromatic nitrogens is 1. The summed E-state index contributed by atoms with van der Waals surface area (Å²) < 4.78 is 31.9. The SMILES string of the molecule is CN(c1cccc2cc(C3=NCC(CCO)S3)[nH]c12)S(=O)(=O)c1ccco1. The highest BCUT2D eigenvalue weighted by atomic mass is 32.2. The molecule has 7 nitrogen and oxygen atoms in total. The van der Waals surface area contributed by atoms with Gasteiger partial charge in [0.25, 0.3) is 10.0 Å². The Labute approximate surface area is 161 Å². The van der Waals surface area contributed by atoms with Gasteiger partial charge in [0, 0.05) is 24.3 Å². The van der Waals surface area contributed by atoms with Gasteiger partial charge in [-0.15, -0.1) is 0 Å². The van der Waals surface area contributed by atoms with Gasteiger partial charge in [0.15, 0.2) is 0 Å². The number of furan rings is 1. The molecule has 0 bridgehead atoms. The summed E-state index contributed by atoms with van der Waals surface area (Å²) in [7, 11) is -2.28. The summed E-state index contributed by atoms with van der Waals surface area (Å²) in [6.07, 6.45) is 2.04. The maximum Gasteiger partial charge on any atom is 0.297 e. The molecule has 1 aliphatic rings. The monoisotopic (exact) mass is 405 g/mol. The van der Waals surface area contributed by atoms with E-state index in [1.165, 1.54) is 23.7 Å². The molecule has 2 N–H and O–H groups in total. The molecule has 3 heterocycles. The average Bonchev–Trinajstić information content (AvgIpc) is 3.39. The van der Waals surface area contributed by atoms with Crippen LogP contribution in [0.1, 0.15) is 12.1 Å². The predicted octanol–water partition coefficient (Wildman–Crippen LogP) is 2.83. The fraction of sp³-hybridized carbons (Fsp3) is 0.278. The van der Waals surface area contributed by atoms with Gasteiger partial charge in [0.1, 0.15) is 5.04 Å². The number of hydrogen-bond donors (Lipinski definition) is 2. The second kappa shape index (κ2) is 7.06. The summed E-state index contributed by atoms with van der Waals surface area (Å²) in [6.45, 7) is 0.822. The minimum Gasteiger partial charge on any atom is -0.451 e. The third-order valence-corrected chi connectivity index (χ3v) is 7.43. The number of anilines is 1. The van der Waals surface area contributed by atoms with Gasteiger partial charge in [-0.2, -0.15) is 8.42 Å². The molecule has 9 heteroatoms. The first kappa shape index (κ1) is 18.1. The number of aliphatic hydroxyl groups is 1. The van der Waals surface area contributed by atoms with E-state index < -0.39 is 10.0 Å². The van der Waals surface area contributed by atoms with E-state index in [0.717, 1.165) is 21.6 Å². The van der Waals surface area contributed by atoms with E-state index in [-0.39, 0.29) is 16.9 Å². The van der Waals surface area contributed by atoms with Gasteiger partial charge >= 0.3 is 0 Å². The van der Waals surface area contributed by atoms with E-state index in [9.17, 15) is 8.42 Å². The van der Waals surface area contributed by atoms with Crippen LogP contribution in [0.4, 0.5) is 5.69 Å². The molecular formula is C18H19N3O4S2. The topological polar surface area (TPSA) is 98.9 Å². The number of H-pyrrole nitrogens is 1. The molecule has 2 aromatic heterocycles. The van der Waals surface area contributed by atoms with E-state index in [1.807, 2.05) is 18.2 Å². The van der Waals surface area contributed by atoms with Crippen LogP contribution in [0.25, 0.3) is 10.9 Å². The Hall–Kier alpha value is -2.23. The number of hydrogen-bond acceptors (Lipinski definition) is 6. The summed E-state index contributed by atoms with van der Waals surface area (Å²) in [5.41, 5.74) is 2.11. The van der Waals surface area contributed by atoms with Crippen molar-refractivity contribution in [1.29, 1.82) is 0 Å². The number of nitrogens with zero attached hydrogens (tertiary/aromatic N) is 2. The average molecular weight is 406 g/mol. The number of sulfonamides is 1. The van der Waals surface area contributed by atoms with Crippen LogP contribution in [-0.4, -0.2) is 49.0 Å². The van der Waals surface area contributed by atoms with Crippen LogP contribution in [0, 0.1) is 0 Å². The number of thioether (sulfide) groups is 1. The zero-order valence-corrected chi connectivity index (χ0v) is 16.3. The Bertz CT molecular complexity index is 1090. The molecular weight excluding hydrogens is 386 g/mol. The van der Waals surface area contributed by atoms with Gasteiger partial charge in [0.05, 0.1) is 29.7 Å². The Balaban J connectivity index is 1.70. The molecule has 0 fully saturated rings. The summed E-state index contributed by atoms with van der Waals surface area (Å²) in [5.74, 6) is 0. The summed E-state index contributed by atoms with van der Waals surface area (Å²) >= 11 is 1.63. The molecule has 1 unspecified atom stereocenters. The van der Waals surface area contributed by atoms with Crippen LogP contribution in [0.3, 0.4) is 0 Å². The minimum absolute atomic E-state index is 0.101. The van der Waals surface area contributed by atoms with Crippen molar-refractivity contribution in [2.75, 3.05) is 24.5 Å². The highest BCUT2D eigenvalue weighted by Gasteiger charge is 2.27. The van der Waals surface area contributed by atoms with Crippen molar-refractivity contribution in [3.8, 4) is 0 Å². The van der Waals surface area contributed by atoms with Crippen LogP contribution >= 0.6 is 11.8 Å². The normalized spacial score (nSPS) is 17.4. The Morgan fingerprint density at radius 3 is 2.96 bits per heavy atom. The van der Waals surface area contributed by atoms with E-state index in [1.54, 1.807) is 23.9 Å². The number of fused-ring (bicyclic) bond motifs is 1. The first-order valence-corrected chi connectivity index (χ1v) is 10.8. The van der Waals surface area contributed by atoms with E-state index in [2.05, 4.69) is 9.98 Å². The fourth-order valence-electron chi connectivity index (χ4n) is 3.05. The lowest BCUT2D eigenvalue weighted by Crippen LogP contribution is -2.26. The molecule has 0 amide bonds. The molecule has 4 rings (SSSR count). The standard InChI is InChI=1S/C18H19N3O4S2/c1-21(27(23,24)16-6-3-9-25-16)15-5-2-4-12-10-14(20-17(12)15)18-19-11-13(26-18)7-8-22/h2-6,9-10,13,20,22H,7-8,11H2,1H3. The number of para-hydroxylation sites is 1. The Kier molecular flexibility index (Phi) is 4.75. The van der Waals surface area contributed by atoms with Crippen molar-refractivity contribution in [3.63, 3.8) is 0 Å². The lowest BCUT2D eigenvalue weighted by molar-refractivity contribution is 0.288. The van der Waals surface area contributed by atoms with Crippen molar-refractivity contribution in [2.24, 2.45) is 4.99 Å². The molecule has 1 atom stereocenters. The lowest BCUT2D eigenvalue weighted by atomic mass is 10.2. The Morgan fingerprint density at radius 2 is 2.22 bits per heavy atom. The van der Waals surface area contributed by atoms with Crippen molar-refractivity contribution >= 4 is 43.4 Å². The predicted molar refractivity (Wildman–Crippen MR) is 107 cm³/mol. The number of aliphatic imine (C=N–C) groups is 1. The molecule has 1 aromatic carbocycles. The quantitative estimate of drug-likeness (QED) is 0.657. The zero-order chi connectivity index (χ0) is 19.0. The lowest BCUT2D eigenvalue weighted by Gasteiger charge is -2.18. The molecule has 142 valence electrons. The third-order valence-electron chi connectivity index (χ3n) is 4.48. The largest absolute Gasteiger partial charge is 0.451 e. The molecule has 1 aliphatic heterocycles. The van der Waals surface area contributed by atoms with Crippen molar-refractivity contribution < 1.29 is 17.9 Å². The van der Waals surface area contributed by atoms with Crippen molar-refractivity contribution in [1.82, 2.24) is 4.98 Å². The van der Waals surface area contributed by atoms with E-state index in [0.29, 0.717) is 18.7 Å². The van der Waals surface area contributed by atoms with Crippen LogP contribution in [0.15, 0.2) is 57.2 Å². The fourth-order valence-corrected chi connectivity index (χ4v) is 5.24. The first-order valence-electron chi connectivity index (χ1n) is 8.47. The number of rotatable bonds is 6. The first-order chi connectivity index (χ1) is 13.0. The zero-order valence-electron chi connectivity index (χ0n) is 14.6. The second-order valence-electron chi connectivity index (χ2n) is 6.23. The summed E-state index contributed by atoms with van der Waals surface area (Å²) in [6, 6.07) is 10.4. The summed E-state index contributed by atoms with van der Waals surface area (Å²) in [4.78, 5) is 7.87.